The van der Waals surface area contributed by atoms with Gasteiger partial charge in [0.25, 0.3) is 0 Å². The molecule has 0 bridgehead atoms. The highest BCUT2D eigenvalue weighted by molar-refractivity contribution is 9.10. The Hall–Kier alpha value is -1.16. The van der Waals surface area contributed by atoms with E-state index in [4.69, 9.17) is 0 Å². The van der Waals surface area contributed by atoms with Crippen LogP contribution < -0.4 is 5.32 Å². The Morgan fingerprint density at radius 3 is 2.88 bits per heavy atom. The summed E-state index contributed by atoms with van der Waals surface area (Å²) in [6.45, 7) is 2.08. The second-order valence-corrected chi connectivity index (χ2v) is 4.29. The van der Waals surface area contributed by atoms with Crippen molar-refractivity contribution in [3.63, 3.8) is 0 Å². The number of halogens is 2. The summed E-state index contributed by atoms with van der Waals surface area (Å²) in [6, 6.07) is 4.70. The molecule has 0 radical (unpaired) electrons. The van der Waals surface area contributed by atoms with Crippen LogP contribution in [-0.2, 0) is 4.79 Å². The van der Waals surface area contributed by atoms with Crippen molar-refractivity contribution < 1.29 is 9.18 Å². The monoisotopic (exact) mass is 285 g/mol. The van der Waals surface area contributed by atoms with Gasteiger partial charge in [-0.15, -0.1) is 0 Å². The average molecular weight is 286 g/mol. The summed E-state index contributed by atoms with van der Waals surface area (Å²) >= 11 is 3.22. The third-order valence-electron chi connectivity index (χ3n) is 1.88. The van der Waals surface area contributed by atoms with Gasteiger partial charge in [-0.05, 0) is 30.2 Å². The summed E-state index contributed by atoms with van der Waals surface area (Å²) in [5.41, 5.74) is 0.801. The van der Waals surface area contributed by atoms with E-state index in [9.17, 15) is 9.18 Å². The molecule has 1 aromatic carbocycles. The standard InChI is InChI=1S/C12H13BrFNO/c1-9(16)15-5-3-2-4-10-6-11(13)8-12(14)7-10/h2,4,6-8H,3,5H2,1H3,(H,15,16). The molecule has 1 amide bonds. The van der Waals surface area contributed by atoms with Crippen molar-refractivity contribution in [1.82, 2.24) is 5.32 Å². The number of carbonyl (C=O) groups excluding carboxylic acids is 1. The van der Waals surface area contributed by atoms with Crippen LogP contribution in [0.4, 0.5) is 4.39 Å². The lowest BCUT2D eigenvalue weighted by molar-refractivity contribution is -0.118. The summed E-state index contributed by atoms with van der Waals surface area (Å²) in [6.07, 6.45) is 4.46. The fourth-order valence-electron chi connectivity index (χ4n) is 1.22. The fourth-order valence-corrected chi connectivity index (χ4v) is 1.71. The third kappa shape index (κ3) is 5.07. The van der Waals surface area contributed by atoms with Gasteiger partial charge in [0.1, 0.15) is 5.82 Å². The molecule has 0 atom stereocenters. The van der Waals surface area contributed by atoms with Crippen LogP contribution in [-0.4, -0.2) is 12.5 Å². The number of benzene rings is 1. The molecular formula is C12H13BrFNO. The maximum absolute atomic E-state index is 13.0. The third-order valence-corrected chi connectivity index (χ3v) is 2.34. The average Bonchev–Trinajstić information content (AvgIpc) is 2.15. The molecule has 0 spiro atoms. The highest BCUT2D eigenvalue weighted by atomic mass is 79.9. The van der Waals surface area contributed by atoms with Crippen molar-refractivity contribution in [2.75, 3.05) is 6.54 Å². The molecule has 0 aliphatic heterocycles. The summed E-state index contributed by atoms with van der Waals surface area (Å²) in [5, 5.41) is 2.68. The molecule has 0 fully saturated rings. The van der Waals surface area contributed by atoms with E-state index < -0.39 is 0 Å². The first-order valence-corrected chi connectivity index (χ1v) is 5.74. The molecule has 16 heavy (non-hydrogen) atoms. The van der Waals surface area contributed by atoms with Crippen molar-refractivity contribution in [2.24, 2.45) is 0 Å². The smallest absolute Gasteiger partial charge is 0.216 e. The van der Waals surface area contributed by atoms with Crippen LogP contribution in [0.25, 0.3) is 6.08 Å². The van der Waals surface area contributed by atoms with Gasteiger partial charge in [0.15, 0.2) is 0 Å². The lowest BCUT2D eigenvalue weighted by Gasteiger charge is -1.98. The fraction of sp³-hybridized carbons (Fsp3) is 0.250. The SMILES string of the molecule is CC(=O)NCCC=Cc1cc(F)cc(Br)c1. The highest BCUT2D eigenvalue weighted by Gasteiger charge is 1.95. The van der Waals surface area contributed by atoms with E-state index in [1.54, 1.807) is 0 Å². The minimum atomic E-state index is -0.268. The van der Waals surface area contributed by atoms with Gasteiger partial charge in [0.2, 0.25) is 5.91 Å². The summed E-state index contributed by atoms with van der Waals surface area (Å²) in [4.78, 5) is 10.6. The molecule has 0 aliphatic carbocycles. The van der Waals surface area contributed by atoms with Gasteiger partial charge in [-0.25, -0.2) is 4.39 Å². The molecule has 1 rings (SSSR count). The van der Waals surface area contributed by atoms with Crippen molar-refractivity contribution in [1.29, 1.82) is 0 Å². The van der Waals surface area contributed by atoms with Crippen molar-refractivity contribution in [3.8, 4) is 0 Å². The molecule has 2 nitrogen and oxygen atoms in total. The predicted octanol–water partition coefficient (Wildman–Crippen LogP) is 3.13. The van der Waals surface area contributed by atoms with Crippen LogP contribution in [0.15, 0.2) is 28.7 Å². The van der Waals surface area contributed by atoms with Crippen molar-refractivity contribution >= 4 is 27.9 Å². The minimum absolute atomic E-state index is 0.0399. The van der Waals surface area contributed by atoms with E-state index in [1.807, 2.05) is 18.2 Å². The number of amides is 1. The number of hydrogen-bond donors (Lipinski definition) is 1. The van der Waals surface area contributed by atoms with Gasteiger partial charge in [0.05, 0.1) is 0 Å². The van der Waals surface area contributed by atoms with Crippen molar-refractivity contribution in [3.05, 3.63) is 40.1 Å². The molecule has 0 aliphatic rings. The summed E-state index contributed by atoms with van der Waals surface area (Å²) in [5.74, 6) is -0.308. The van der Waals surface area contributed by atoms with Gasteiger partial charge in [0, 0.05) is 17.9 Å². The van der Waals surface area contributed by atoms with Gasteiger partial charge in [-0.3, -0.25) is 4.79 Å². The summed E-state index contributed by atoms with van der Waals surface area (Å²) < 4.78 is 13.7. The first-order chi connectivity index (χ1) is 7.58. The highest BCUT2D eigenvalue weighted by Crippen LogP contribution is 2.15. The molecule has 0 aromatic heterocycles. The van der Waals surface area contributed by atoms with Crippen LogP contribution in [0.3, 0.4) is 0 Å². The number of carbonyl (C=O) groups is 1. The first kappa shape index (κ1) is 12.9. The van der Waals surface area contributed by atoms with Gasteiger partial charge >= 0.3 is 0 Å². The summed E-state index contributed by atoms with van der Waals surface area (Å²) in [7, 11) is 0. The molecule has 0 saturated heterocycles. The second kappa shape index (κ2) is 6.43. The Bertz CT molecular complexity index is 384. The largest absolute Gasteiger partial charge is 0.356 e. The Morgan fingerprint density at radius 1 is 1.50 bits per heavy atom. The zero-order valence-corrected chi connectivity index (χ0v) is 10.6. The lowest BCUT2D eigenvalue weighted by Crippen LogP contribution is -2.20. The molecular weight excluding hydrogens is 273 g/mol. The van der Waals surface area contributed by atoms with Crippen molar-refractivity contribution in [2.45, 2.75) is 13.3 Å². The van der Waals surface area contributed by atoms with Crippen LogP contribution in [0.5, 0.6) is 0 Å². The van der Waals surface area contributed by atoms with E-state index in [-0.39, 0.29) is 11.7 Å². The van der Waals surface area contributed by atoms with Gasteiger partial charge < -0.3 is 5.32 Å². The first-order valence-electron chi connectivity index (χ1n) is 4.95. The second-order valence-electron chi connectivity index (χ2n) is 3.38. The maximum atomic E-state index is 13.0. The molecule has 0 unspecified atom stereocenters. The van der Waals surface area contributed by atoms with E-state index in [2.05, 4.69) is 21.2 Å². The van der Waals surface area contributed by atoms with E-state index in [0.29, 0.717) is 11.0 Å². The van der Waals surface area contributed by atoms with E-state index >= 15 is 0 Å². The van der Waals surface area contributed by atoms with Crippen LogP contribution in [0, 0.1) is 5.82 Å². The number of nitrogens with one attached hydrogen (secondary N) is 1. The Labute approximate surface area is 103 Å². The Balaban J connectivity index is 2.46. The quantitative estimate of drug-likeness (QED) is 0.846. The van der Waals surface area contributed by atoms with Crippen LogP contribution in [0.2, 0.25) is 0 Å². The van der Waals surface area contributed by atoms with Gasteiger partial charge in [-0.1, -0.05) is 28.1 Å². The van der Waals surface area contributed by atoms with Gasteiger partial charge in [-0.2, -0.15) is 0 Å². The Kier molecular flexibility index (Phi) is 5.19. The van der Waals surface area contributed by atoms with Crippen LogP contribution >= 0.6 is 15.9 Å². The van der Waals surface area contributed by atoms with Crippen LogP contribution in [0.1, 0.15) is 18.9 Å². The molecule has 4 heteroatoms. The van der Waals surface area contributed by atoms with E-state index in [0.717, 1.165) is 12.0 Å². The number of hydrogen-bond acceptors (Lipinski definition) is 1. The lowest BCUT2D eigenvalue weighted by atomic mass is 10.2. The minimum Gasteiger partial charge on any atom is -0.356 e. The zero-order chi connectivity index (χ0) is 12.0. The molecule has 0 heterocycles. The maximum Gasteiger partial charge on any atom is 0.216 e. The molecule has 1 N–H and O–H groups in total. The number of rotatable bonds is 4. The predicted molar refractivity (Wildman–Crippen MR) is 66.4 cm³/mol. The molecule has 1 aromatic rings. The molecule has 86 valence electrons. The Morgan fingerprint density at radius 2 is 2.25 bits per heavy atom. The van der Waals surface area contributed by atoms with E-state index in [1.165, 1.54) is 19.1 Å². The normalized spacial score (nSPS) is 10.7. The molecule has 0 saturated carbocycles. The zero-order valence-electron chi connectivity index (χ0n) is 8.97. The topological polar surface area (TPSA) is 29.1 Å².